The molecule has 2 rings (SSSR count). The first-order valence-electron chi connectivity index (χ1n) is 7.82. The third kappa shape index (κ3) is 6.14. The van der Waals surface area contributed by atoms with Crippen molar-refractivity contribution in [3.05, 3.63) is 48.4 Å². The second kappa shape index (κ2) is 11.6. The lowest BCUT2D eigenvalue weighted by Gasteiger charge is -2.29. The number of amides is 2. The van der Waals surface area contributed by atoms with Gasteiger partial charge in [0.2, 0.25) is 0 Å². The van der Waals surface area contributed by atoms with Crippen LogP contribution in [0.1, 0.15) is 37.0 Å². The number of ether oxygens (including phenoxy) is 2. The fourth-order valence-corrected chi connectivity index (χ4v) is 2.28. The largest absolute Gasteiger partial charge is 0.443 e. The molecule has 0 fully saturated rings. The van der Waals surface area contributed by atoms with Crippen molar-refractivity contribution in [1.82, 2.24) is 9.80 Å². The molecule has 2 amide bonds. The van der Waals surface area contributed by atoms with Gasteiger partial charge in [-0.05, 0) is 25.0 Å². The predicted molar refractivity (Wildman–Crippen MR) is 99.8 cm³/mol. The van der Waals surface area contributed by atoms with Gasteiger partial charge in [0.05, 0.1) is 11.8 Å². The molecular weight excluding hydrogens is 367 g/mol. The molecular formula is C17H24Cl2N2O4. The smallest absolute Gasteiger partial charge is 0.342 e. The second-order valence-electron chi connectivity index (χ2n) is 5.18. The highest BCUT2D eigenvalue weighted by atomic mass is 35.5. The third-order valence-electron chi connectivity index (χ3n) is 3.34. The first-order chi connectivity index (χ1) is 11.2. The highest BCUT2D eigenvalue weighted by Crippen LogP contribution is 2.17. The van der Waals surface area contributed by atoms with Crippen LogP contribution in [0, 0.1) is 0 Å². The summed E-state index contributed by atoms with van der Waals surface area (Å²) in [5.41, 5.74) is 0.411. The van der Waals surface area contributed by atoms with Gasteiger partial charge in [-0.1, -0.05) is 32.0 Å². The van der Waals surface area contributed by atoms with Gasteiger partial charge in [0, 0.05) is 13.1 Å². The number of carbonyl (C=O) groups is 2. The molecule has 0 radical (unpaired) electrons. The highest BCUT2D eigenvalue weighted by Gasteiger charge is 2.33. The Balaban J connectivity index is 0.00000288. The zero-order chi connectivity index (χ0) is 16.7. The molecule has 0 saturated carbocycles. The van der Waals surface area contributed by atoms with E-state index in [4.69, 9.17) is 9.47 Å². The predicted octanol–water partition coefficient (Wildman–Crippen LogP) is 4.02. The van der Waals surface area contributed by atoms with Gasteiger partial charge in [-0.15, -0.1) is 24.8 Å². The summed E-state index contributed by atoms with van der Waals surface area (Å²) in [6.45, 7) is 5.32. The zero-order valence-corrected chi connectivity index (χ0v) is 15.9. The van der Waals surface area contributed by atoms with Crippen LogP contribution >= 0.6 is 24.8 Å². The number of hydrogen-bond acceptors (Lipinski definition) is 4. The van der Waals surface area contributed by atoms with Gasteiger partial charge < -0.3 is 14.4 Å². The van der Waals surface area contributed by atoms with Crippen molar-refractivity contribution in [2.75, 3.05) is 13.1 Å². The van der Waals surface area contributed by atoms with Crippen molar-refractivity contribution in [3.8, 4) is 0 Å². The van der Waals surface area contributed by atoms with Crippen molar-refractivity contribution in [2.24, 2.45) is 0 Å². The maximum atomic E-state index is 12.6. The van der Waals surface area contributed by atoms with Crippen LogP contribution in [-0.4, -0.2) is 41.3 Å². The van der Waals surface area contributed by atoms with E-state index in [1.54, 1.807) is 29.2 Å². The van der Waals surface area contributed by atoms with Crippen molar-refractivity contribution in [3.63, 3.8) is 0 Å². The summed E-state index contributed by atoms with van der Waals surface area (Å²) in [6, 6.07) is 8.38. The third-order valence-corrected chi connectivity index (χ3v) is 3.34. The van der Waals surface area contributed by atoms with Crippen LogP contribution in [0.5, 0.6) is 0 Å². The number of urea groups is 1. The van der Waals surface area contributed by atoms with Gasteiger partial charge >= 0.3 is 18.4 Å². The average molecular weight is 391 g/mol. The molecule has 0 aliphatic carbocycles. The Morgan fingerprint density at radius 3 is 2.28 bits per heavy atom. The van der Waals surface area contributed by atoms with Crippen LogP contribution in [0.4, 0.5) is 4.79 Å². The van der Waals surface area contributed by atoms with Crippen LogP contribution in [0.25, 0.3) is 0 Å². The lowest BCUT2D eigenvalue weighted by molar-refractivity contribution is -0.116. The van der Waals surface area contributed by atoms with Gasteiger partial charge in [-0.3, -0.25) is 0 Å². The normalized spacial score (nSPS) is 14.8. The lowest BCUT2D eigenvalue weighted by Crippen LogP contribution is -2.46. The molecule has 0 spiro atoms. The van der Waals surface area contributed by atoms with E-state index >= 15 is 0 Å². The molecule has 8 heteroatoms. The van der Waals surface area contributed by atoms with E-state index < -0.39 is 12.4 Å². The monoisotopic (exact) mass is 390 g/mol. The Labute approximate surface area is 160 Å². The van der Waals surface area contributed by atoms with E-state index in [1.165, 1.54) is 17.4 Å². The van der Waals surface area contributed by atoms with E-state index in [0.29, 0.717) is 18.7 Å². The summed E-state index contributed by atoms with van der Waals surface area (Å²) < 4.78 is 10.5. The maximum absolute atomic E-state index is 12.6. The minimum Gasteiger partial charge on any atom is -0.443 e. The van der Waals surface area contributed by atoms with Gasteiger partial charge in [0.15, 0.2) is 0 Å². The van der Waals surface area contributed by atoms with Crippen LogP contribution in [-0.2, 0) is 9.47 Å². The van der Waals surface area contributed by atoms with Crippen molar-refractivity contribution in [2.45, 2.75) is 33.1 Å². The topological polar surface area (TPSA) is 59.1 Å². The Morgan fingerprint density at radius 1 is 1.12 bits per heavy atom. The van der Waals surface area contributed by atoms with E-state index in [-0.39, 0.29) is 30.8 Å². The zero-order valence-electron chi connectivity index (χ0n) is 14.3. The number of esters is 1. The Hall–Kier alpha value is -1.92. The minimum atomic E-state index is -1.06. The van der Waals surface area contributed by atoms with Crippen molar-refractivity contribution in [1.29, 1.82) is 0 Å². The Morgan fingerprint density at radius 2 is 1.72 bits per heavy atom. The Bertz CT molecular complexity index is 563. The summed E-state index contributed by atoms with van der Waals surface area (Å²) >= 11 is 0. The molecule has 140 valence electrons. The van der Waals surface area contributed by atoms with Gasteiger partial charge in [-0.25, -0.2) is 14.5 Å². The quantitative estimate of drug-likeness (QED) is 0.688. The molecule has 0 bridgehead atoms. The standard InChI is InChI=1S/C17H22N2O4.2ClH/c1-3-10-18(11-4-2)16(21)19-12-13-22-17(19)23-15(20)14-8-6-5-7-9-14;;/h5-9,12-13,17H,3-4,10-11H2,1-2H3;2*1H. The van der Waals surface area contributed by atoms with E-state index in [0.717, 1.165) is 12.8 Å². The van der Waals surface area contributed by atoms with E-state index in [1.807, 2.05) is 19.9 Å². The Kier molecular flexibility index (Phi) is 10.7. The molecule has 0 saturated heterocycles. The molecule has 1 heterocycles. The molecule has 0 N–H and O–H groups in total. The summed E-state index contributed by atoms with van der Waals surface area (Å²) in [7, 11) is 0. The van der Waals surface area contributed by atoms with Crippen LogP contribution in [0.2, 0.25) is 0 Å². The molecule has 1 aliphatic rings. The fourth-order valence-electron chi connectivity index (χ4n) is 2.28. The minimum absolute atomic E-state index is 0. The molecule has 6 nitrogen and oxygen atoms in total. The summed E-state index contributed by atoms with van der Waals surface area (Å²) in [5, 5.41) is 0. The first kappa shape index (κ1) is 23.1. The molecule has 1 aromatic carbocycles. The SMILES string of the molecule is CCCN(CCC)C(=O)N1C=COC1OC(=O)c1ccccc1.Cl.Cl. The second-order valence-corrected chi connectivity index (χ2v) is 5.18. The number of carbonyl (C=O) groups excluding carboxylic acids is 2. The van der Waals surface area contributed by atoms with Gasteiger partial charge in [0.1, 0.15) is 6.26 Å². The first-order valence-corrected chi connectivity index (χ1v) is 7.82. The molecule has 0 aromatic heterocycles. The maximum Gasteiger partial charge on any atom is 0.342 e. The van der Waals surface area contributed by atoms with Crippen LogP contribution < -0.4 is 0 Å². The van der Waals surface area contributed by atoms with E-state index in [2.05, 4.69) is 0 Å². The highest BCUT2D eigenvalue weighted by molar-refractivity contribution is 5.89. The summed E-state index contributed by atoms with van der Waals surface area (Å²) in [5.74, 6) is -0.533. The molecule has 1 aliphatic heterocycles. The number of nitrogens with zero attached hydrogens (tertiary/aromatic N) is 2. The average Bonchev–Trinajstić information content (AvgIpc) is 3.03. The molecule has 25 heavy (non-hydrogen) atoms. The molecule has 1 aromatic rings. The van der Waals surface area contributed by atoms with Crippen molar-refractivity contribution >= 4 is 36.8 Å². The number of halogens is 2. The summed E-state index contributed by atoms with van der Waals surface area (Å²) in [4.78, 5) is 27.7. The molecule has 1 unspecified atom stereocenters. The van der Waals surface area contributed by atoms with Gasteiger partial charge in [0.25, 0.3) is 0 Å². The summed E-state index contributed by atoms with van der Waals surface area (Å²) in [6.07, 6.45) is 3.50. The number of hydrogen-bond donors (Lipinski definition) is 0. The lowest BCUT2D eigenvalue weighted by atomic mass is 10.2. The molecule has 1 atom stereocenters. The van der Waals surface area contributed by atoms with Gasteiger partial charge in [-0.2, -0.15) is 0 Å². The number of rotatable bonds is 6. The number of benzene rings is 1. The van der Waals surface area contributed by atoms with E-state index in [9.17, 15) is 9.59 Å². The fraction of sp³-hybridized carbons (Fsp3) is 0.412. The van der Waals surface area contributed by atoms with Crippen LogP contribution in [0.3, 0.4) is 0 Å². The van der Waals surface area contributed by atoms with Crippen molar-refractivity contribution < 1.29 is 19.1 Å². The van der Waals surface area contributed by atoms with Crippen LogP contribution in [0.15, 0.2) is 42.8 Å².